The van der Waals surface area contributed by atoms with Crippen molar-refractivity contribution >= 4 is 69.0 Å². The van der Waals surface area contributed by atoms with Gasteiger partial charge in [0.15, 0.2) is 6.61 Å². The summed E-state index contributed by atoms with van der Waals surface area (Å²) in [6, 6.07) is 11.7. The number of hydrogen-bond donors (Lipinski definition) is 7. The summed E-state index contributed by atoms with van der Waals surface area (Å²) < 4.78 is 30.4. The summed E-state index contributed by atoms with van der Waals surface area (Å²) >= 11 is 1.56. The van der Waals surface area contributed by atoms with E-state index in [1.807, 2.05) is 17.1 Å². The maximum atomic E-state index is 13.2. The van der Waals surface area contributed by atoms with E-state index in [1.165, 1.54) is 22.5 Å². The second-order valence-corrected chi connectivity index (χ2v) is 20.7. The molecule has 0 aliphatic carbocycles. The van der Waals surface area contributed by atoms with Gasteiger partial charge >= 0.3 is 0 Å². The number of unbranched alkanes of at least 4 members (excludes halogenated alkanes) is 5. The van der Waals surface area contributed by atoms with Gasteiger partial charge in [0.1, 0.15) is 17.3 Å². The minimum Gasteiger partial charge on any atom is -0.483 e. The molecule has 68 heavy (non-hydrogen) atoms. The summed E-state index contributed by atoms with van der Waals surface area (Å²) in [5.74, 6) is -3.29. The van der Waals surface area contributed by atoms with E-state index >= 15 is 0 Å². The van der Waals surface area contributed by atoms with E-state index < -0.39 is 45.6 Å². The fourth-order valence-corrected chi connectivity index (χ4v) is 11.0. The number of nitrogens with zero attached hydrogens (tertiary/aromatic N) is 3. The number of hydrogen-bond acceptors (Lipinski definition) is 15. The Morgan fingerprint density at radius 3 is 2.24 bits per heavy atom. The van der Waals surface area contributed by atoms with E-state index in [0.29, 0.717) is 26.1 Å². The predicted octanol–water partition coefficient (Wildman–Crippen LogP) is 0.166. The van der Waals surface area contributed by atoms with Gasteiger partial charge in [-0.05, 0) is 55.4 Å². The third kappa shape index (κ3) is 13.2. The van der Waals surface area contributed by atoms with Gasteiger partial charge in [-0.2, -0.15) is 0 Å². The largest absolute Gasteiger partial charge is 0.483 e. The van der Waals surface area contributed by atoms with Gasteiger partial charge < -0.3 is 26.0 Å². The monoisotopic (exact) mass is 980 g/mol. The van der Waals surface area contributed by atoms with E-state index in [4.69, 9.17) is 4.74 Å². The normalized spacial score (nSPS) is 23.1. The number of rotatable bonds is 22. The van der Waals surface area contributed by atoms with Crippen molar-refractivity contribution in [1.29, 1.82) is 0 Å². The van der Waals surface area contributed by atoms with Gasteiger partial charge in [-0.3, -0.25) is 53.9 Å². The molecule has 2 aromatic rings. The first kappa shape index (κ1) is 50.4. The number of hydrazine groups is 1. The quantitative estimate of drug-likeness (QED) is 0.0612. The van der Waals surface area contributed by atoms with Gasteiger partial charge in [0.25, 0.3) is 17.7 Å². The second-order valence-electron chi connectivity index (χ2n) is 17.6. The lowest BCUT2D eigenvalue weighted by Crippen LogP contribution is -2.54. The molecule has 8 amide bonds. The Labute approximate surface area is 399 Å². The van der Waals surface area contributed by atoms with Crippen LogP contribution in [0.5, 0.6) is 5.75 Å². The summed E-state index contributed by atoms with van der Waals surface area (Å²) in [6.45, 7) is 1.86. The standard InChI is InChI=1S/C45H60N10O11S2/c1-68(64,65)54-21-16-30(24-54)41(60)48-23-37(57)51-45-49-33(27-67-45)29-11-8-10-28(22-29)32-17-20-53(52-32)25-38(58)46-18-6-4-2-3-5-7-19-47-39(59)26-66-35-13-9-12-31-40(35)44(63)55(43(31)62)34-14-15-36(56)50-42(34)61/h8-13,22,30,32-34,45,49,52H,2-7,14-21,23-27H2,1H3,(H,46,58)(H,47,59)(H,48,60)(H,51,57)(H,50,56,61). The lowest BCUT2D eigenvalue weighted by atomic mass is 10.00. The smallest absolute Gasteiger partial charge is 0.266 e. The molecule has 5 heterocycles. The minimum absolute atomic E-state index is 0.00213. The molecule has 368 valence electrons. The summed E-state index contributed by atoms with van der Waals surface area (Å²) in [7, 11) is -3.36. The van der Waals surface area contributed by atoms with Crippen LogP contribution in [0.4, 0.5) is 0 Å². The SMILES string of the molecule is CS(=O)(=O)N1CCC(C(=O)NCC(=O)NC2NC(c3cccc(C4CCN(CC(=O)NCCCCCCCCNC(=O)COc5cccc6c5C(=O)N(C5CCC(=O)NC5=O)C6=O)N4)c3)CS2)C1. The molecule has 0 spiro atoms. The van der Waals surface area contributed by atoms with Crippen LogP contribution in [0.2, 0.25) is 0 Å². The van der Waals surface area contributed by atoms with Crippen molar-refractivity contribution < 1.29 is 51.5 Å². The summed E-state index contributed by atoms with van der Waals surface area (Å²) in [5.41, 5.74) is 5.40. The van der Waals surface area contributed by atoms with E-state index in [-0.39, 0.29) is 97.2 Å². The molecule has 23 heteroatoms. The highest BCUT2D eigenvalue weighted by molar-refractivity contribution is 8.00. The number of carbonyl (C=O) groups excluding carboxylic acids is 8. The lowest BCUT2D eigenvalue weighted by molar-refractivity contribution is -0.136. The van der Waals surface area contributed by atoms with Crippen LogP contribution in [0.1, 0.15) is 108 Å². The van der Waals surface area contributed by atoms with Crippen LogP contribution in [-0.4, -0.2) is 146 Å². The highest BCUT2D eigenvalue weighted by atomic mass is 32.2. The lowest BCUT2D eigenvalue weighted by Gasteiger charge is -2.27. The highest BCUT2D eigenvalue weighted by Gasteiger charge is 2.46. The molecule has 4 fully saturated rings. The Morgan fingerprint density at radius 1 is 0.809 bits per heavy atom. The maximum Gasteiger partial charge on any atom is 0.266 e. The Hall–Kier alpha value is -5.46. The summed E-state index contributed by atoms with van der Waals surface area (Å²) in [4.78, 5) is 101. The molecular formula is C45H60N10O11S2. The number of piperidine rings is 1. The molecule has 5 aliphatic heterocycles. The first-order valence-corrected chi connectivity index (χ1v) is 26.1. The number of thioether (sulfide) groups is 1. The molecule has 7 N–H and O–H groups in total. The number of carbonyl (C=O) groups is 8. The van der Waals surface area contributed by atoms with E-state index in [1.54, 1.807) is 11.8 Å². The van der Waals surface area contributed by atoms with Gasteiger partial charge in [-0.25, -0.2) is 23.2 Å². The maximum absolute atomic E-state index is 13.2. The van der Waals surface area contributed by atoms with Crippen LogP contribution >= 0.6 is 11.8 Å². The van der Waals surface area contributed by atoms with Crippen LogP contribution in [0.25, 0.3) is 0 Å². The summed E-state index contributed by atoms with van der Waals surface area (Å²) in [6.07, 6.45) is 7.89. The third-order valence-electron chi connectivity index (χ3n) is 12.6. The number of amides is 8. The van der Waals surface area contributed by atoms with Gasteiger partial charge in [0, 0.05) is 57.0 Å². The molecule has 0 saturated carbocycles. The minimum atomic E-state index is -3.36. The zero-order valence-corrected chi connectivity index (χ0v) is 39.6. The Kier molecular flexibility index (Phi) is 17.2. The molecule has 5 atom stereocenters. The van der Waals surface area contributed by atoms with E-state index in [2.05, 4.69) is 49.5 Å². The molecule has 21 nitrogen and oxygen atoms in total. The predicted molar refractivity (Wildman–Crippen MR) is 249 cm³/mol. The molecule has 0 bridgehead atoms. The zero-order chi connectivity index (χ0) is 48.4. The fraction of sp³-hybridized carbons (Fsp3) is 0.556. The molecule has 0 radical (unpaired) electrons. The number of nitrogens with one attached hydrogen (secondary N) is 7. The van der Waals surface area contributed by atoms with Crippen molar-refractivity contribution in [2.75, 3.05) is 64.4 Å². The van der Waals surface area contributed by atoms with Crippen LogP contribution in [0, 0.1) is 5.92 Å². The number of imide groups is 2. The van der Waals surface area contributed by atoms with E-state index in [9.17, 15) is 46.8 Å². The van der Waals surface area contributed by atoms with Gasteiger partial charge in [0.2, 0.25) is 39.6 Å². The molecule has 4 saturated heterocycles. The van der Waals surface area contributed by atoms with Crippen LogP contribution in [0.3, 0.4) is 0 Å². The zero-order valence-electron chi connectivity index (χ0n) is 38.0. The number of fused-ring (bicyclic) bond motifs is 1. The van der Waals surface area contributed by atoms with Crippen molar-refractivity contribution in [3.8, 4) is 5.75 Å². The Balaban J connectivity index is 0.704. The number of ether oxygens (including phenoxy) is 1. The van der Waals surface area contributed by atoms with Crippen molar-refractivity contribution in [3.05, 3.63) is 64.7 Å². The Morgan fingerprint density at radius 2 is 1.51 bits per heavy atom. The van der Waals surface area contributed by atoms with Crippen molar-refractivity contribution in [2.45, 2.75) is 87.8 Å². The molecule has 5 unspecified atom stereocenters. The van der Waals surface area contributed by atoms with Crippen molar-refractivity contribution in [1.82, 2.24) is 51.5 Å². The number of benzene rings is 2. The summed E-state index contributed by atoms with van der Waals surface area (Å²) in [5, 5.41) is 18.9. The topological polar surface area (TPSA) is 274 Å². The van der Waals surface area contributed by atoms with Crippen LogP contribution < -0.4 is 42.1 Å². The molecule has 7 rings (SSSR count). The molecule has 5 aliphatic rings. The van der Waals surface area contributed by atoms with Crippen molar-refractivity contribution in [2.24, 2.45) is 5.92 Å². The molecular weight excluding hydrogens is 921 g/mol. The van der Waals surface area contributed by atoms with Crippen LogP contribution in [0.15, 0.2) is 42.5 Å². The van der Waals surface area contributed by atoms with Crippen LogP contribution in [-0.2, 0) is 38.8 Å². The van der Waals surface area contributed by atoms with Crippen molar-refractivity contribution in [3.63, 3.8) is 0 Å². The van der Waals surface area contributed by atoms with E-state index in [0.717, 1.165) is 79.5 Å². The average molecular weight is 981 g/mol. The van der Waals surface area contributed by atoms with Gasteiger partial charge in [0.05, 0.1) is 36.4 Å². The third-order valence-corrected chi connectivity index (χ3v) is 15.0. The molecule has 0 aromatic heterocycles. The second kappa shape index (κ2) is 23.2. The van der Waals surface area contributed by atoms with Gasteiger partial charge in [-0.1, -0.05) is 56.0 Å². The Bertz CT molecular complexity index is 2370. The molecule has 2 aromatic carbocycles. The first-order chi connectivity index (χ1) is 32.6. The average Bonchev–Trinajstić information content (AvgIpc) is 4.14. The van der Waals surface area contributed by atoms with Gasteiger partial charge in [-0.15, -0.1) is 11.8 Å². The first-order valence-electron chi connectivity index (χ1n) is 23.2. The fourth-order valence-electron chi connectivity index (χ4n) is 8.93. The highest BCUT2D eigenvalue weighted by Crippen LogP contribution is 2.34. The number of sulfonamides is 1.